The van der Waals surface area contributed by atoms with Crippen molar-refractivity contribution in [2.75, 3.05) is 43.9 Å². The van der Waals surface area contributed by atoms with Crippen molar-refractivity contribution in [1.82, 2.24) is 14.9 Å². The molecule has 1 aliphatic rings. The monoisotopic (exact) mass is 269 g/mol. The molecule has 0 radical (unpaired) electrons. The van der Waals surface area contributed by atoms with Crippen LogP contribution >= 0.6 is 0 Å². The first-order valence-electron chi connectivity index (χ1n) is 6.85. The van der Waals surface area contributed by atoms with Gasteiger partial charge in [-0.3, -0.25) is 0 Å². The lowest BCUT2D eigenvalue weighted by atomic mass is 10.1. The summed E-state index contributed by atoms with van der Waals surface area (Å²) in [6, 6.07) is 10.2. The van der Waals surface area contributed by atoms with Crippen LogP contribution in [0.3, 0.4) is 0 Å². The van der Waals surface area contributed by atoms with Crippen LogP contribution in [-0.2, 0) is 0 Å². The molecule has 5 nitrogen and oxygen atoms in total. The molecule has 1 fully saturated rings. The highest BCUT2D eigenvalue weighted by atomic mass is 15.3. The second-order valence-corrected chi connectivity index (χ2v) is 5.12. The lowest BCUT2D eigenvalue weighted by Crippen LogP contribution is -2.45. The zero-order chi connectivity index (χ0) is 13.9. The molecule has 1 aromatic carbocycles. The molecule has 0 spiro atoms. The molecule has 1 aromatic heterocycles. The molecule has 2 heterocycles. The van der Waals surface area contributed by atoms with Crippen molar-refractivity contribution in [2.45, 2.75) is 0 Å². The molecule has 20 heavy (non-hydrogen) atoms. The Morgan fingerprint density at radius 2 is 1.75 bits per heavy atom. The average Bonchev–Trinajstić information content (AvgIpc) is 2.49. The number of hydrogen-bond donors (Lipinski definition) is 1. The summed E-state index contributed by atoms with van der Waals surface area (Å²) in [6.45, 7) is 4.01. The van der Waals surface area contributed by atoms with E-state index in [1.54, 1.807) is 0 Å². The number of benzene rings is 1. The van der Waals surface area contributed by atoms with Crippen molar-refractivity contribution in [2.24, 2.45) is 0 Å². The van der Waals surface area contributed by atoms with Gasteiger partial charge in [0.05, 0.1) is 0 Å². The summed E-state index contributed by atoms with van der Waals surface area (Å²) in [6.07, 6.45) is 1.82. The van der Waals surface area contributed by atoms with Crippen molar-refractivity contribution in [3.05, 3.63) is 36.5 Å². The Hall–Kier alpha value is -2.14. The van der Waals surface area contributed by atoms with Gasteiger partial charge < -0.3 is 15.5 Å². The average molecular weight is 269 g/mol. The van der Waals surface area contributed by atoms with Crippen molar-refractivity contribution in [3.63, 3.8) is 0 Å². The molecule has 1 aliphatic heterocycles. The van der Waals surface area contributed by atoms with E-state index in [1.807, 2.05) is 24.4 Å². The van der Waals surface area contributed by atoms with Gasteiger partial charge >= 0.3 is 0 Å². The molecule has 0 amide bonds. The van der Waals surface area contributed by atoms with Gasteiger partial charge in [0.15, 0.2) is 0 Å². The standard InChI is InChI=1S/C15H19N5/c1-19-7-9-20(10-8-19)14-13(11-17-15(16)18-14)12-5-3-2-4-6-12/h2-6,11H,7-10H2,1H3,(H2,16,17,18). The van der Waals surface area contributed by atoms with Crippen LogP contribution < -0.4 is 10.6 Å². The van der Waals surface area contributed by atoms with E-state index in [0.29, 0.717) is 5.95 Å². The first-order chi connectivity index (χ1) is 9.74. The first-order valence-corrected chi connectivity index (χ1v) is 6.85. The maximum Gasteiger partial charge on any atom is 0.221 e. The Labute approximate surface area is 119 Å². The van der Waals surface area contributed by atoms with Gasteiger partial charge in [-0.25, -0.2) is 4.98 Å². The van der Waals surface area contributed by atoms with Crippen molar-refractivity contribution >= 4 is 11.8 Å². The predicted molar refractivity (Wildman–Crippen MR) is 81.6 cm³/mol. The molecule has 5 heteroatoms. The van der Waals surface area contributed by atoms with E-state index in [9.17, 15) is 0 Å². The second-order valence-electron chi connectivity index (χ2n) is 5.12. The minimum Gasteiger partial charge on any atom is -0.368 e. The number of aromatic nitrogens is 2. The van der Waals surface area contributed by atoms with Gasteiger partial charge in [-0.2, -0.15) is 4.98 Å². The summed E-state index contributed by atoms with van der Waals surface area (Å²) >= 11 is 0. The number of nitrogens with two attached hydrogens (primary N) is 1. The Morgan fingerprint density at radius 3 is 2.45 bits per heavy atom. The Bertz CT molecular complexity index is 576. The Morgan fingerprint density at radius 1 is 1.05 bits per heavy atom. The lowest BCUT2D eigenvalue weighted by molar-refractivity contribution is 0.312. The molecule has 0 bridgehead atoms. The molecular weight excluding hydrogens is 250 g/mol. The fourth-order valence-electron chi connectivity index (χ4n) is 2.47. The number of hydrogen-bond acceptors (Lipinski definition) is 5. The molecule has 0 unspecified atom stereocenters. The highest BCUT2D eigenvalue weighted by Gasteiger charge is 2.19. The normalized spacial score (nSPS) is 16.4. The van der Waals surface area contributed by atoms with Crippen LogP contribution in [0.4, 0.5) is 11.8 Å². The first kappa shape index (κ1) is 12.9. The van der Waals surface area contributed by atoms with Crippen molar-refractivity contribution in [3.8, 4) is 11.1 Å². The van der Waals surface area contributed by atoms with Crippen LogP contribution in [0, 0.1) is 0 Å². The number of piperazine rings is 1. The molecule has 1 saturated heterocycles. The smallest absolute Gasteiger partial charge is 0.221 e. The summed E-state index contributed by atoms with van der Waals surface area (Å²) in [5, 5.41) is 0. The fourth-order valence-corrected chi connectivity index (χ4v) is 2.47. The van der Waals surface area contributed by atoms with E-state index in [2.05, 4.69) is 38.9 Å². The molecular formula is C15H19N5. The van der Waals surface area contributed by atoms with Crippen LogP contribution in [0.25, 0.3) is 11.1 Å². The minimum atomic E-state index is 0.332. The molecule has 104 valence electrons. The molecule has 2 aromatic rings. The van der Waals surface area contributed by atoms with Crippen LogP contribution in [0.5, 0.6) is 0 Å². The maximum absolute atomic E-state index is 5.78. The molecule has 0 aliphatic carbocycles. The zero-order valence-corrected chi connectivity index (χ0v) is 11.7. The highest BCUT2D eigenvalue weighted by Crippen LogP contribution is 2.29. The third-order valence-electron chi connectivity index (χ3n) is 3.67. The van der Waals surface area contributed by atoms with Crippen LogP contribution in [0.1, 0.15) is 0 Å². The van der Waals surface area contributed by atoms with Gasteiger partial charge in [0.2, 0.25) is 5.95 Å². The zero-order valence-electron chi connectivity index (χ0n) is 11.7. The third-order valence-corrected chi connectivity index (χ3v) is 3.67. The van der Waals surface area contributed by atoms with Crippen LogP contribution in [-0.4, -0.2) is 48.1 Å². The molecule has 3 rings (SSSR count). The van der Waals surface area contributed by atoms with Gasteiger partial charge in [-0.05, 0) is 12.6 Å². The number of nitrogen functional groups attached to an aromatic ring is 1. The van der Waals surface area contributed by atoms with E-state index in [4.69, 9.17) is 5.73 Å². The number of anilines is 2. The van der Waals surface area contributed by atoms with Gasteiger partial charge in [0, 0.05) is 37.9 Å². The number of rotatable bonds is 2. The fraction of sp³-hybridized carbons (Fsp3) is 0.333. The van der Waals surface area contributed by atoms with E-state index in [0.717, 1.165) is 43.1 Å². The summed E-state index contributed by atoms with van der Waals surface area (Å²) in [5.41, 5.74) is 7.95. The second kappa shape index (κ2) is 5.46. The van der Waals surface area contributed by atoms with Gasteiger partial charge in [-0.1, -0.05) is 30.3 Å². The van der Waals surface area contributed by atoms with E-state index >= 15 is 0 Å². The van der Waals surface area contributed by atoms with Gasteiger partial charge in [-0.15, -0.1) is 0 Å². The van der Waals surface area contributed by atoms with Crippen molar-refractivity contribution < 1.29 is 0 Å². The number of likely N-dealkylation sites (N-methyl/N-ethyl adjacent to an activating group) is 1. The quantitative estimate of drug-likeness (QED) is 0.895. The molecule has 0 atom stereocenters. The van der Waals surface area contributed by atoms with Crippen LogP contribution in [0.2, 0.25) is 0 Å². The summed E-state index contributed by atoms with van der Waals surface area (Å²) in [7, 11) is 2.14. The minimum absolute atomic E-state index is 0.332. The summed E-state index contributed by atoms with van der Waals surface area (Å²) in [5.74, 6) is 1.27. The Kier molecular flexibility index (Phi) is 3.52. The molecule has 2 N–H and O–H groups in total. The number of nitrogens with zero attached hydrogens (tertiary/aromatic N) is 4. The molecule has 0 saturated carbocycles. The SMILES string of the molecule is CN1CCN(c2nc(N)ncc2-c2ccccc2)CC1. The lowest BCUT2D eigenvalue weighted by Gasteiger charge is -2.34. The largest absolute Gasteiger partial charge is 0.368 e. The van der Waals surface area contributed by atoms with Crippen molar-refractivity contribution in [1.29, 1.82) is 0 Å². The summed E-state index contributed by atoms with van der Waals surface area (Å²) in [4.78, 5) is 13.2. The van der Waals surface area contributed by atoms with E-state index in [1.165, 1.54) is 0 Å². The highest BCUT2D eigenvalue weighted by molar-refractivity contribution is 5.75. The predicted octanol–water partition coefficient (Wildman–Crippen LogP) is 1.48. The van der Waals surface area contributed by atoms with Gasteiger partial charge in [0.1, 0.15) is 5.82 Å². The topological polar surface area (TPSA) is 58.3 Å². The van der Waals surface area contributed by atoms with E-state index < -0.39 is 0 Å². The maximum atomic E-state index is 5.78. The Balaban J connectivity index is 1.99. The van der Waals surface area contributed by atoms with Gasteiger partial charge in [0.25, 0.3) is 0 Å². The summed E-state index contributed by atoms with van der Waals surface area (Å²) < 4.78 is 0. The van der Waals surface area contributed by atoms with E-state index in [-0.39, 0.29) is 0 Å². The van der Waals surface area contributed by atoms with Crippen LogP contribution in [0.15, 0.2) is 36.5 Å². The third kappa shape index (κ3) is 2.58.